The first-order valence-electron chi connectivity index (χ1n) is 34.7. The van der Waals surface area contributed by atoms with Gasteiger partial charge in [-0.15, -0.1) is 0 Å². The first kappa shape index (κ1) is 62.9. The molecule has 2 aromatic heterocycles. The van der Waals surface area contributed by atoms with E-state index in [1.807, 2.05) is 97.1 Å². The molecule has 17 rings (SSSR count). The summed E-state index contributed by atoms with van der Waals surface area (Å²) in [6.07, 6.45) is 0. The zero-order valence-corrected chi connectivity index (χ0v) is 57.7. The Morgan fingerprint density at radius 1 is 0.160 bits per heavy atom. The maximum atomic E-state index is 5.08. The van der Waals surface area contributed by atoms with Gasteiger partial charge in [-0.2, -0.15) is 0 Å². The summed E-state index contributed by atoms with van der Waals surface area (Å²) in [5, 5.41) is 2.27. The van der Waals surface area contributed by atoms with Crippen molar-refractivity contribution < 1.29 is 0 Å². The van der Waals surface area contributed by atoms with Gasteiger partial charge in [0.2, 0.25) is 0 Å². The van der Waals surface area contributed by atoms with Gasteiger partial charge in [0.1, 0.15) is 0 Å². The van der Waals surface area contributed by atoms with Gasteiger partial charge in [-0.05, 0) is 158 Å². The van der Waals surface area contributed by atoms with Crippen molar-refractivity contribution >= 4 is 10.8 Å². The van der Waals surface area contributed by atoms with E-state index in [0.29, 0.717) is 34.9 Å². The van der Waals surface area contributed by atoms with Gasteiger partial charge in [0, 0.05) is 33.4 Å². The summed E-state index contributed by atoms with van der Waals surface area (Å²) in [5.41, 5.74) is 25.9. The van der Waals surface area contributed by atoms with E-state index in [4.69, 9.17) is 29.9 Å². The monoisotopic (exact) mass is 1290 g/mol. The van der Waals surface area contributed by atoms with E-state index in [-0.39, 0.29) is 21.7 Å². The Labute approximate surface area is 587 Å². The van der Waals surface area contributed by atoms with Crippen LogP contribution in [0.3, 0.4) is 0 Å². The van der Waals surface area contributed by atoms with Gasteiger partial charge in [0.25, 0.3) is 0 Å². The number of benzene rings is 13. The van der Waals surface area contributed by atoms with Gasteiger partial charge >= 0.3 is 0 Å². The summed E-state index contributed by atoms with van der Waals surface area (Å²) < 4.78 is 0. The van der Waals surface area contributed by atoms with Crippen LogP contribution in [-0.4, -0.2) is 29.9 Å². The van der Waals surface area contributed by atoms with Gasteiger partial charge in [-0.1, -0.05) is 334 Å². The quantitative estimate of drug-likeness (QED) is 0.136. The summed E-state index contributed by atoms with van der Waals surface area (Å²) >= 11 is 0. The van der Waals surface area contributed by atoms with Gasteiger partial charge in [-0.3, -0.25) is 0 Å². The highest BCUT2D eigenvalue weighted by Gasteiger charge is 2.47. The van der Waals surface area contributed by atoms with Crippen LogP contribution in [-0.2, 0) is 21.7 Å². The molecular formula is C94H76N6. The van der Waals surface area contributed by atoms with Crippen molar-refractivity contribution in [3.63, 3.8) is 0 Å². The molecule has 0 saturated heterocycles. The molecule has 0 aliphatic heterocycles. The van der Waals surface area contributed by atoms with Crippen LogP contribution in [0.5, 0.6) is 0 Å². The van der Waals surface area contributed by atoms with E-state index in [2.05, 4.69) is 274 Å². The molecule has 482 valence electrons. The zero-order valence-electron chi connectivity index (χ0n) is 57.7. The van der Waals surface area contributed by atoms with Gasteiger partial charge in [-0.25, -0.2) is 29.9 Å². The Morgan fingerprint density at radius 3 is 0.760 bits per heavy atom. The predicted octanol–water partition coefficient (Wildman–Crippen LogP) is 24.0. The third-order valence-electron chi connectivity index (χ3n) is 22.0. The van der Waals surface area contributed by atoms with Crippen LogP contribution in [0.2, 0.25) is 0 Å². The number of aromatic nitrogens is 6. The Morgan fingerprint density at radius 2 is 0.400 bits per heavy atom. The SMILES string of the molecule is CC1(C)c2ccc(-c3ccccc3)cc2-c2cc(-c3ccc(-c4nc(-c5ccccc5)nc(-c5ccccc5)n4)c4ccccc34)ccc2C1(C)C.CC1(C)c2ccc(-c3ccccc3)cc2-c2cc(-c3cccc(-c4nc(-c5ccccc5)nc(-c5ccccc5)n4)c3)ccc2C1(C)C. The van der Waals surface area contributed by atoms with Crippen LogP contribution in [0.15, 0.2) is 315 Å². The van der Waals surface area contributed by atoms with E-state index < -0.39 is 0 Å². The maximum absolute atomic E-state index is 5.08. The van der Waals surface area contributed by atoms with Crippen molar-refractivity contribution in [3.8, 4) is 135 Å². The molecule has 13 aromatic carbocycles. The number of hydrogen-bond acceptors (Lipinski definition) is 6. The van der Waals surface area contributed by atoms with Crippen molar-refractivity contribution in [2.24, 2.45) is 0 Å². The molecule has 0 spiro atoms. The normalized spacial score (nSPS) is 14.1. The number of rotatable bonds is 10. The minimum Gasteiger partial charge on any atom is -0.208 e. The van der Waals surface area contributed by atoms with Gasteiger partial charge in [0.05, 0.1) is 0 Å². The van der Waals surface area contributed by atoms with E-state index in [0.717, 1.165) is 49.7 Å². The molecule has 2 aliphatic carbocycles. The Bertz CT molecular complexity index is 5460. The van der Waals surface area contributed by atoms with Crippen molar-refractivity contribution in [1.82, 2.24) is 29.9 Å². The number of nitrogens with zero attached hydrogens (tertiary/aromatic N) is 6. The van der Waals surface area contributed by atoms with Crippen molar-refractivity contribution in [1.29, 1.82) is 0 Å². The molecule has 6 heteroatoms. The third kappa shape index (κ3) is 11.2. The molecule has 100 heavy (non-hydrogen) atoms. The zero-order chi connectivity index (χ0) is 68.3. The maximum Gasteiger partial charge on any atom is 0.164 e. The van der Waals surface area contributed by atoms with Crippen LogP contribution in [0, 0.1) is 0 Å². The lowest BCUT2D eigenvalue weighted by Crippen LogP contribution is -2.43. The molecular weight excluding hydrogens is 1210 g/mol. The highest BCUT2D eigenvalue weighted by molar-refractivity contribution is 6.05. The van der Waals surface area contributed by atoms with E-state index in [1.165, 1.54) is 83.5 Å². The van der Waals surface area contributed by atoms with Crippen molar-refractivity contribution in [2.45, 2.75) is 77.0 Å². The summed E-state index contributed by atoms with van der Waals surface area (Å²) in [4.78, 5) is 29.9. The highest BCUT2D eigenvalue weighted by atomic mass is 15.0. The Balaban J connectivity index is 0.000000156. The molecule has 2 heterocycles. The minimum absolute atomic E-state index is 0.0441. The Kier molecular flexibility index (Phi) is 15.9. The molecule has 0 radical (unpaired) electrons. The summed E-state index contributed by atoms with van der Waals surface area (Å²) in [5.74, 6) is 3.96. The third-order valence-corrected chi connectivity index (χ3v) is 22.0. The molecule has 15 aromatic rings. The molecule has 6 nitrogen and oxygen atoms in total. The predicted molar refractivity (Wildman–Crippen MR) is 414 cm³/mol. The average Bonchev–Trinajstić information content (AvgIpc) is 0.715. The van der Waals surface area contributed by atoms with Gasteiger partial charge in [0.15, 0.2) is 34.9 Å². The standard InChI is InChI=1S/C49H39N3.C45H37N3/c1-48(2)43-28-24-35(32-16-8-5-9-17-32)30-41(43)42-31-36(25-29-44(42)49(48,3)4)37-26-27-40(39-23-15-14-22-38(37)39)47-51-45(33-18-10-6-11-19-33)50-46(52-47)34-20-12-7-13-21-34;1-44(2)39-25-23-34(30-15-8-5-9-16-30)28-37(39)38-29-35(24-26-40(38)45(44,3)4)33-21-14-22-36(27-33)43-47-41(31-17-10-6-11-18-31)46-42(48-43)32-19-12-7-13-20-32/h5-31H,1-4H3;5-29H,1-4H3. The molecule has 0 saturated carbocycles. The molecule has 0 N–H and O–H groups in total. The van der Waals surface area contributed by atoms with Crippen LogP contribution >= 0.6 is 0 Å². The van der Waals surface area contributed by atoms with Gasteiger partial charge < -0.3 is 0 Å². The van der Waals surface area contributed by atoms with Crippen LogP contribution in [0.4, 0.5) is 0 Å². The van der Waals surface area contributed by atoms with Crippen LogP contribution in [0.1, 0.15) is 77.6 Å². The highest BCUT2D eigenvalue weighted by Crippen LogP contribution is 2.57. The Hall–Kier alpha value is -11.9. The number of hydrogen-bond donors (Lipinski definition) is 0. The van der Waals surface area contributed by atoms with E-state index in [9.17, 15) is 0 Å². The fourth-order valence-corrected chi connectivity index (χ4v) is 15.0. The summed E-state index contributed by atoms with van der Waals surface area (Å²) in [6.45, 7) is 19.1. The smallest absolute Gasteiger partial charge is 0.164 e. The first-order chi connectivity index (χ1) is 48.6. The van der Waals surface area contributed by atoms with E-state index >= 15 is 0 Å². The second-order valence-corrected chi connectivity index (χ2v) is 28.6. The minimum atomic E-state index is -0.0698. The topological polar surface area (TPSA) is 77.3 Å². The van der Waals surface area contributed by atoms with Crippen molar-refractivity contribution in [2.75, 3.05) is 0 Å². The fraction of sp³-hybridized carbons (Fsp3) is 0.128. The second-order valence-electron chi connectivity index (χ2n) is 28.6. The molecule has 0 bridgehead atoms. The van der Waals surface area contributed by atoms with Crippen molar-refractivity contribution in [3.05, 3.63) is 338 Å². The fourth-order valence-electron chi connectivity index (χ4n) is 15.0. The summed E-state index contributed by atoms with van der Waals surface area (Å²) in [7, 11) is 0. The van der Waals surface area contributed by atoms with Crippen LogP contribution < -0.4 is 0 Å². The second kappa shape index (κ2) is 25.2. The lowest BCUT2D eigenvalue weighted by molar-refractivity contribution is 0.299. The first-order valence-corrected chi connectivity index (χ1v) is 34.7. The molecule has 0 unspecified atom stereocenters. The average molecular weight is 1290 g/mol. The molecule has 2 aliphatic rings. The number of fused-ring (bicyclic) bond motifs is 7. The lowest BCUT2D eigenvalue weighted by atomic mass is 9.55. The molecule has 0 amide bonds. The summed E-state index contributed by atoms with van der Waals surface area (Å²) in [6, 6.07) is 112. The molecule has 0 fully saturated rings. The van der Waals surface area contributed by atoms with Crippen LogP contribution in [0.25, 0.3) is 146 Å². The largest absolute Gasteiger partial charge is 0.208 e. The lowest BCUT2D eigenvalue weighted by Gasteiger charge is -2.48. The van der Waals surface area contributed by atoms with E-state index in [1.54, 1.807) is 0 Å². The molecule has 0 atom stereocenters.